The van der Waals surface area contributed by atoms with Gasteiger partial charge in [0.15, 0.2) is 5.78 Å². The zero-order valence-corrected chi connectivity index (χ0v) is 16.2. The lowest BCUT2D eigenvalue weighted by Crippen LogP contribution is -2.43. The third-order valence-corrected chi connectivity index (χ3v) is 6.46. The summed E-state index contributed by atoms with van der Waals surface area (Å²) in [4.78, 5) is 13.8. The molecule has 0 radical (unpaired) electrons. The van der Waals surface area contributed by atoms with Crippen molar-refractivity contribution < 1.29 is 17.9 Å². The van der Waals surface area contributed by atoms with Crippen molar-refractivity contribution in [2.24, 2.45) is 0 Å². The van der Waals surface area contributed by atoms with E-state index >= 15 is 0 Å². The molecular formula is C20H24N2O4S. The van der Waals surface area contributed by atoms with Gasteiger partial charge < -0.3 is 4.74 Å². The second-order valence-corrected chi connectivity index (χ2v) is 8.31. The van der Waals surface area contributed by atoms with Crippen molar-refractivity contribution in [3.63, 3.8) is 0 Å². The van der Waals surface area contributed by atoms with E-state index in [1.807, 2.05) is 18.2 Å². The summed E-state index contributed by atoms with van der Waals surface area (Å²) < 4.78 is 33.4. The van der Waals surface area contributed by atoms with Crippen molar-refractivity contribution in [2.45, 2.75) is 11.8 Å². The predicted octanol–water partition coefficient (Wildman–Crippen LogP) is 2.42. The van der Waals surface area contributed by atoms with Gasteiger partial charge in [-0.1, -0.05) is 30.3 Å². The topological polar surface area (TPSA) is 66.9 Å². The molecular weight excluding hydrogens is 364 g/mol. The molecule has 1 saturated heterocycles. The number of ether oxygens (including phenoxy) is 1. The molecule has 6 nitrogen and oxygen atoms in total. The number of nitrogens with zero attached hydrogens (tertiary/aromatic N) is 2. The molecule has 2 aromatic carbocycles. The van der Waals surface area contributed by atoms with E-state index in [0.717, 1.165) is 13.1 Å². The molecule has 0 aromatic heterocycles. The Balaban J connectivity index is 1.87. The number of carbonyl (C=O) groups excluding carboxylic acids is 1. The Hall–Kier alpha value is -2.22. The van der Waals surface area contributed by atoms with Gasteiger partial charge >= 0.3 is 0 Å². The van der Waals surface area contributed by atoms with Gasteiger partial charge in [-0.3, -0.25) is 14.0 Å². The molecule has 0 atom stereocenters. The van der Waals surface area contributed by atoms with Crippen LogP contribution < -0.4 is 4.31 Å². The summed E-state index contributed by atoms with van der Waals surface area (Å²) in [5.74, 6) is -0.0915. The summed E-state index contributed by atoms with van der Waals surface area (Å²) in [6.07, 6.45) is 0. The van der Waals surface area contributed by atoms with Crippen molar-refractivity contribution in [1.82, 2.24) is 4.90 Å². The smallest absolute Gasteiger partial charge is 0.264 e. The van der Waals surface area contributed by atoms with Crippen molar-refractivity contribution in [1.29, 1.82) is 0 Å². The minimum Gasteiger partial charge on any atom is -0.379 e. The number of Topliss-reactive ketones (excluding diaryl/α,β-unsaturated/α-hetero) is 1. The molecule has 0 unspecified atom stereocenters. The maximum absolute atomic E-state index is 13.3. The maximum atomic E-state index is 13.3. The quantitative estimate of drug-likeness (QED) is 0.682. The molecule has 0 bridgehead atoms. The van der Waals surface area contributed by atoms with E-state index in [1.54, 1.807) is 24.3 Å². The summed E-state index contributed by atoms with van der Waals surface area (Å²) in [7, 11) is -3.73. The SMILES string of the molecule is CC(=O)c1ccc(S(=O)(=O)N(CCN2CCOCC2)c2ccccc2)cc1. The molecule has 0 N–H and O–H groups in total. The van der Waals surface area contributed by atoms with Crippen LogP contribution in [0.3, 0.4) is 0 Å². The number of ketones is 1. The first-order valence-corrected chi connectivity index (χ1v) is 10.4. The molecule has 1 heterocycles. The first-order chi connectivity index (χ1) is 13.0. The minimum atomic E-state index is -3.73. The Morgan fingerprint density at radius 3 is 2.26 bits per heavy atom. The molecule has 1 aliphatic rings. The molecule has 1 fully saturated rings. The maximum Gasteiger partial charge on any atom is 0.264 e. The summed E-state index contributed by atoms with van der Waals surface area (Å²) in [5.41, 5.74) is 1.12. The highest BCUT2D eigenvalue weighted by Gasteiger charge is 2.26. The summed E-state index contributed by atoms with van der Waals surface area (Å²) in [6.45, 7) is 5.38. The fourth-order valence-electron chi connectivity index (χ4n) is 3.03. The average Bonchev–Trinajstić information content (AvgIpc) is 2.69. The van der Waals surface area contributed by atoms with Crippen molar-refractivity contribution in [2.75, 3.05) is 43.7 Å². The molecule has 0 aliphatic carbocycles. The van der Waals surface area contributed by atoms with Crippen LogP contribution in [0, 0.1) is 0 Å². The van der Waals surface area contributed by atoms with Crippen LogP contribution in [0.1, 0.15) is 17.3 Å². The standard InChI is InChI=1S/C20H24N2O4S/c1-17(23)18-7-9-20(10-8-18)27(24,25)22(19-5-3-2-4-6-19)12-11-21-13-15-26-16-14-21/h2-10H,11-16H2,1H3. The molecule has 27 heavy (non-hydrogen) atoms. The molecule has 0 saturated carbocycles. The van der Waals surface area contributed by atoms with E-state index in [0.29, 0.717) is 37.6 Å². The van der Waals surface area contributed by atoms with Gasteiger partial charge in [-0.2, -0.15) is 0 Å². The van der Waals surface area contributed by atoms with Crippen LogP contribution in [0.25, 0.3) is 0 Å². The molecule has 1 aliphatic heterocycles. The van der Waals surface area contributed by atoms with E-state index in [9.17, 15) is 13.2 Å². The Labute approximate surface area is 160 Å². The number of hydrogen-bond donors (Lipinski definition) is 0. The Bertz CT molecular complexity index is 861. The van der Waals surface area contributed by atoms with Crippen LogP contribution in [-0.2, 0) is 14.8 Å². The largest absolute Gasteiger partial charge is 0.379 e. The summed E-state index contributed by atoms with van der Waals surface area (Å²) >= 11 is 0. The molecule has 144 valence electrons. The normalized spacial score (nSPS) is 15.4. The van der Waals surface area contributed by atoms with Crippen LogP contribution in [0.2, 0.25) is 0 Å². The lowest BCUT2D eigenvalue weighted by molar-refractivity contribution is 0.0395. The zero-order chi connectivity index (χ0) is 19.3. The van der Waals surface area contributed by atoms with Gasteiger partial charge in [0, 0.05) is 31.7 Å². The van der Waals surface area contributed by atoms with Crippen LogP contribution in [0.5, 0.6) is 0 Å². The van der Waals surface area contributed by atoms with E-state index in [2.05, 4.69) is 4.90 Å². The van der Waals surface area contributed by atoms with Crippen LogP contribution in [0.15, 0.2) is 59.5 Å². The van der Waals surface area contributed by atoms with Gasteiger partial charge in [-0.25, -0.2) is 8.42 Å². The first-order valence-electron chi connectivity index (χ1n) is 8.97. The highest BCUT2D eigenvalue weighted by molar-refractivity contribution is 7.92. The number of morpholine rings is 1. The predicted molar refractivity (Wildman–Crippen MR) is 105 cm³/mol. The van der Waals surface area contributed by atoms with E-state index in [4.69, 9.17) is 4.74 Å². The number of para-hydroxylation sites is 1. The first kappa shape index (κ1) is 19.5. The summed E-state index contributed by atoms with van der Waals surface area (Å²) in [6, 6.07) is 15.2. The third kappa shape index (κ3) is 4.74. The lowest BCUT2D eigenvalue weighted by Gasteiger charge is -2.30. The van der Waals surface area contributed by atoms with Gasteiger partial charge in [0.1, 0.15) is 0 Å². The van der Waals surface area contributed by atoms with Gasteiger partial charge in [0.2, 0.25) is 0 Å². The Kier molecular flexibility index (Phi) is 6.26. The highest BCUT2D eigenvalue weighted by Crippen LogP contribution is 2.24. The van der Waals surface area contributed by atoms with E-state index < -0.39 is 10.0 Å². The third-order valence-electron chi connectivity index (χ3n) is 4.62. The number of anilines is 1. The van der Waals surface area contributed by atoms with Crippen LogP contribution in [0.4, 0.5) is 5.69 Å². The van der Waals surface area contributed by atoms with E-state index in [-0.39, 0.29) is 10.7 Å². The van der Waals surface area contributed by atoms with Crippen molar-refractivity contribution >= 4 is 21.5 Å². The number of hydrogen-bond acceptors (Lipinski definition) is 5. The molecule has 3 rings (SSSR count). The van der Waals surface area contributed by atoms with Gasteiger partial charge in [-0.15, -0.1) is 0 Å². The fourth-order valence-corrected chi connectivity index (χ4v) is 4.48. The van der Waals surface area contributed by atoms with Gasteiger partial charge in [-0.05, 0) is 31.2 Å². The molecule has 0 spiro atoms. The van der Waals surface area contributed by atoms with E-state index in [1.165, 1.54) is 23.4 Å². The number of carbonyl (C=O) groups is 1. The number of rotatable bonds is 7. The second kappa shape index (κ2) is 8.65. The lowest BCUT2D eigenvalue weighted by atomic mass is 10.2. The van der Waals surface area contributed by atoms with Gasteiger partial charge in [0.25, 0.3) is 10.0 Å². The van der Waals surface area contributed by atoms with Crippen LogP contribution >= 0.6 is 0 Å². The minimum absolute atomic E-state index is 0.0915. The Morgan fingerprint density at radius 2 is 1.67 bits per heavy atom. The van der Waals surface area contributed by atoms with Crippen molar-refractivity contribution in [3.8, 4) is 0 Å². The van der Waals surface area contributed by atoms with Crippen molar-refractivity contribution in [3.05, 3.63) is 60.2 Å². The van der Waals surface area contributed by atoms with Gasteiger partial charge in [0.05, 0.1) is 23.8 Å². The summed E-state index contributed by atoms with van der Waals surface area (Å²) in [5, 5.41) is 0. The zero-order valence-electron chi connectivity index (χ0n) is 15.4. The molecule has 7 heteroatoms. The average molecular weight is 388 g/mol. The molecule has 2 aromatic rings. The monoisotopic (exact) mass is 388 g/mol. The molecule has 0 amide bonds. The number of sulfonamides is 1. The number of benzene rings is 2. The van der Waals surface area contributed by atoms with Crippen LogP contribution in [-0.4, -0.2) is 58.5 Å². The fraction of sp³-hybridized carbons (Fsp3) is 0.350. The second-order valence-electron chi connectivity index (χ2n) is 6.45. The Morgan fingerprint density at radius 1 is 1.04 bits per heavy atom. The highest BCUT2D eigenvalue weighted by atomic mass is 32.2.